The van der Waals surface area contributed by atoms with Gasteiger partial charge in [0.05, 0.1) is 13.7 Å². The van der Waals surface area contributed by atoms with Gasteiger partial charge in [-0.2, -0.15) is 0 Å². The molecule has 8 nitrogen and oxygen atoms in total. The van der Waals surface area contributed by atoms with Crippen molar-refractivity contribution >= 4 is 45.5 Å². The van der Waals surface area contributed by atoms with Crippen LogP contribution >= 0.6 is 22.6 Å². The molecule has 1 aromatic carbocycles. The van der Waals surface area contributed by atoms with Gasteiger partial charge in [-0.25, -0.2) is 9.59 Å². The SMILES string of the molecule is CCOC(=O)CCc1cc(=O)oc2c(I)c(O[C@@H]3C=CC(=O)O3)c(OC)cc12. The highest BCUT2D eigenvalue weighted by atomic mass is 127. The van der Waals surface area contributed by atoms with Crippen LogP contribution in [0, 0.1) is 3.57 Å². The number of rotatable bonds is 7. The summed E-state index contributed by atoms with van der Waals surface area (Å²) in [5.74, 6) is -0.196. The number of carbonyl (C=O) groups excluding carboxylic acids is 2. The molecule has 148 valence electrons. The molecule has 0 fully saturated rings. The van der Waals surface area contributed by atoms with E-state index in [0.29, 0.717) is 38.9 Å². The summed E-state index contributed by atoms with van der Waals surface area (Å²) < 4.78 is 26.9. The second-order valence-corrected chi connectivity index (χ2v) is 6.86. The standard InChI is InChI=1S/C19H17IO8/c1-3-25-13(21)5-4-10-8-15(23)27-18-11(10)9-12(24-2)19(17(18)20)28-16-7-6-14(22)26-16/h6-9,16H,3-5H2,1-2H3/t16-/m1/s1. The molecule has 0 saturated carbocycles. The summed E-state index contributed by atoms with van der Waals surface area (Å²) in [5, 5.41) is 0.622. The number of benzene rings is 1. The van der Waals surface area contributed by atoms with Crippen LogP contribution < -0.4 is 15.1 Å². The third-order valence-corrected chi connectivity index (χ3v) is 4.94. The van der Waals surface area contributed by atoms with Gasteiger partial charge in [0.2, 0.25) is 0 Å². The minimum absolute atomic E-state index is 0.131. The van der Waals surface area contributed by atoms with E-state index in [4.69, 9.17) is 23.4 Å². The Morgan fingerprint density at radius 3 is 2.71 bits per heavy atom. The third kappa shape index (κ3) is 4.29. The average molecular weight is 500 g/mol. The number of methoxy groups -OCH3 is 1. The highest BCUT2D eigenvalue weighted by molar-refractivity contribution is 14.1. The molecule has 0 amide bonds. The van der Waals surface area contributed by atoms with E-state index in [-0.39, 0.29) is 18.1 Å². The van der Waals surface area contributed by atoms with Gasteiger partial charge in [0.25, 0.3) is 6.29 Å². The predicted octanol–water partition coefficient (Wildman–Crippen LogP) is 2.72. The van der Waals surface area contributed by atoms with Crippen molar-refractivity contribution in [2.75, 3.05) is 13.7 Å². The van der Waals surface area contributed by atoms with E-state index in [2.05, 4.69) is 0 Å². The number of fused-ring (bicyclic) bond motifs is 1. The van der Waals surface area contributed by atoms with Gasteiger partial charge in [0.15, 0.2) is 17.1 Å². The number of hydrogen-bond acceptors (Lipinski definition) is 8. The Morgan fingerprint density at radius 2 is 2.07 bits per heavy atom. The van der Waals surface area contributed by atoms with Gasteiger partial charge >= 0.3 is 17.6 Å². The quantitative estimate of drug-likeness (QED) is 0.325. The lowest BCUT2D eigenvalue weighted by Crippen LogP contribution is -2.17. The zero-order valence-corrected chi connectivity index (χ0v) is 17.3. The molecule has 28 heavy (non-hydrogen) atoms. The van der Waals surface area contributed by atoms with E-state index < -0.39 is 17.9 Å². The third-order valence-electron chi connectivity index (χ3n) is 3.96. The molecule has 3 rings (SSSR count). The lowest BCUT2D eigenvalue weighted by atomic mass is 10.0. The Kier molecular flexibility index (Phi) is 6.22. The molecule has 9 heteroatoms. The first-order valence-corrected chi connectivity index (χ1v) is 9.55. The first kappa shape index (κ1) is 20.2. The Bertz CT molecular complexity index is 1010. The number of halogens is 1. The number of carbonyl (C=O) groups is 2. The van der Waals surface area contributed by atoms with Crippen molar-refractivity contribution in [1.29, 1.82) is 0 Å². The predicted molar refractivity (Wildman–Crippen MR) is 106 cm³/mol. The maximum Gasteiger partial charge on any atom is 0.336 e. The van der Waals surface area contributed by atoms with Crippen molar-refractivity contribution in [3.05, 3.63) is 43.8 Å². The fraction of sp³-hybridized carbons (Fsp3) is 0.316. The normalized spacial score (nSPS) is 15.5. The molecule has 1 aliphatic rings. The highest BCUT2D eigenvalue weighted by Crippen LogP contribution is 2.40. The summed E-state index contributed by atoms with van der Waals surface area (Å²) in [4.78, 5) is 35.0. The number of hydrogen-bond donors (Lipinski definition) is 0. The number of ether oxygens (including phenoxy) is 4. The molecule has 0 N–H and O–H groups in total. The van der Waals surface area contributed by atoms with Crippen molar-refractivity contribution in [1.82, 2.24) is 0 Å². The monoisotopic (exact) mass is 500 g/mol. The van der Waals surface area contributed by atoms with Gasteiger partial charge in [0, 0.05) is 30.0 Å². The van der Waals surface area contributed by atoms with Crippen molar-refractivity contribution in [2.45, 2.75) is 26.1 Å². The summed E-state index contributed by atoms with van der Waals surface area (Å²) in [7, 11) is 1.47. The number of esters is 2. The maximum atomic E-state index is 12.0. The zero-order valence-electron chi connectivity index (χ0n) is 15.2. The lowest BCUT2D eigenvalue weighted by Gasteiger charge is -2.17. The Morgan fingerprint density at radius 1 is 1.29 bits per heavy atom. The van der Waals surface area contributed by atoms with Crippen LogP contribution in [0.5, 0.6) is 11.5 Å². The molecule has 1 aliphatic heterocycles. The van der Waals surface area contributed by atoms with Crippen LogP contribution in [0.25, 0.3) is 11.0 Å². The van der Waals surface area contributed by atoms with Crippen LogP contribution in [0.1, 0.15) is 18.9 Å². The fourth-order valence-electron chi connectivity index (χ4n) is 2.75. The first-order chi connectivity index (χ1) is 13.4. The van der Waals surface area contributed by atoms with Gasteiger partial charge in [-0.1, -0.05) is 0 Å². The van der Waals surface area contributed by atoms with Gasteiger partial charge in [-0.3, -0.25) is 4.79 Å². The van der Waals surface area contributed by atoms with E-state index in [1.165, 1.54) is 25.3 Å². The lowest BCUT2D eigenvalue weighted by molar-refractivity contribution is -0.148. The van der Waals surface area contributed by atoms with E-state index in [9.17, 15) is 14.4 Å². The summed E-state index contributed by atoms with van der Waals surface area (Å²) in [5.41, 5.74) is 0.387. The van der Waals surface area contributed by atoms with Crippen LogP contribution in [0.2, 0.25) is 0 Å². The molecule has 0 spiro atoms. The highest BCUT2D eigenvalue weighted by Gasteiger charge is 2.24. The molecule has 1 aromatic heterocycles. The maximum absolute atomic E-state index is 12.0. The van der Waals surface area contributed by atoms with Crippen LogP contribution in [-0.2, 0) is 25.5 Å². The second kappa shape index (κ2) is 8.63. The second-order valence-electron chi connectivity index (χ2n) is 5.78. The number of aryl methyl sites for hydroxylation is 1. The minimum atomic E-state index is -0.897. The van der Waals surface area contributed by atoms with Gasteiger partial charge < -0.3 is 23.4 Å². The van der Waals surface area contributed by atoms with Crippen molar-refractivity contribution in [3.8, 4) is 11.5 Å². The van der Waals surface area contributed by atoms with Crippen LogP contribution in [-0.4, -0.2) is 31.9 Å². The molecule has 2 aromatic rings. The van der Waals surface area contributed by atoms with Crippen LogP contribution in [0.15, 0.2) is 33.5 Å². The average Bonchev–Trinajstić information content (AvgIpc) is 3.07. The molecule has 0 radical (unpaired) electrons. The summed E-state index contributed by atoms with van der Waals surface area (Å²) in [6.45, 7) is 2.03. The Hall–Kier alpha value is -2.56. The molecule has 0 unspecified atom stereocenters. The molecule has 0 aliphatic carbocycles. The van der Waals surface area contributed by atoms with Crippen LogP contribution in [0.4, 0.5) is 0 Å². The molecule has 2 heterocycles. The van der Waals surface area contributed by atoms with E-state index in [1.807, 2.05) is 22.6 Å². The molecule has 0 saturated heterocycles. The Balaban J connectivity index is 2.02. The topological polar surface area (TPSA) is 101 Å². The fourth-order valence-corrected chi connectivity index (χ4v) is 3.54. The van der Waals surface area contributed by atoms with Crippen molar-refractivity contribution in [3.63, 3.8) is 0 Å². The van der Waals surface area contributed by atoms with Crippen LogP contribution in [0.3, 0.4) is 0 Å². The molecular weight excluding hydrogens is 483 g/mol. The van der Waals surface area contributed by atoms with E-state index >= 15 is 0 Å². The first-order valence-electron chi connectivity index (χ1n) is 8.47. The van der Waals surface area contributed by atoms with Crippen molar-refractivity contribution < 1.29 is 33.0 Å². The van der Waals surface area contributed by atoms with Gasteiger partial charge in [-0.15, -0.1) is 0 Å². The smallest absolute Gasteiger partial charge is 0.336 e. The molecular formula is C19H17IO8. The molecule has 0 bridgehead atoms. The van der Waals surface area contributed by atoms with Gasteiger partial charge in [-0.05, 0) is 47.6 Å². The summed E-state index contributed by atoms with van der Waals surface area (Å²) in [6.07, 6.45) is 2.27. The Labute approximate surface area is 173 Å². The largest absolute Gasteiger partial charge is 0.493 e. The van der Waals surface area contributed by atoms with Crippen molar-refractivity contribution in [2.24, 2.45) is 0 Å². The zero-order chi connectivity index (χ0) is 20.3. The van der Waals surface area contributed by atoms with Gasteiger partial charge in [0.1, 0.15) is 3.57 Å². The summed E-state index contributed by atoms with van der Waals surface area (Å²) >= 11 is 1.97. The van der Waals surface area contributed by atoms with E-state index in [1.54, 1.807) is 13.0 Å². The minimum Gasteiger partial charge on any atom is -0.493 e. The molecule has 1 atom stereocenters. The summed E-state index contributed by atoms with van der Waals surface area (Å²) in [6, 6.07) is 3.01. The number of cyclic esters (lactones) is 1. The van der Waals surface area contributed by atoms with E-state index in [0.717, 1.165) is 0 Å².